The van der Waals surface area contributed by atoms with Crippen LogP contribution in [-0.2, 0) is 14.1 Å². The Balaban J connectivity index is 2.05. The Morgan fingerprint density at radius 1 is 1.11 bits per heavy atom. The van der Waals surface area contributed by atoms with Crippen molar-refractivity contribution in [3.8, 4) is 0 Å². The lowest BCUT2D eigenvalue weighted by Gasteiger charge is -2.21. The van der Waals surface area contributed by atoms with Crippen LogP contribution in [0, 0.1) is 0 Å². The fourth-order valence-electron chi connectivity index (χ4n) is 3.05. The van der Waals surface area contributed by atoms with Gasteiger partial charge in [0.2, 0.25) is 0 Å². The van der Waals surface area contributed by atoms with Gasteiger partial charge in [-0.25, -0.2) is 9.78 Å². The number of benzene rings is 1. The Hall–Kier alpha value is -2.03. The highest BCUT2D eigenvalue weighted by Gasteiger charge is 2.30. The van der Waals surface area contributed by atoms with Crippen LogP contribution in [0.15, 0.2) is 60.5 Å². The minimum atomic E-state index is -0.435. The maximum Gasteiger partial charge on any atom is 0.331 e. The zero-order chi connectivity index (χ0) is 19.3. The van der Waals surface area contributed by atoms with Crippen molar-refractivity contribution in [1.82, 2.24) is 14.1 Å². The number of nitrogens with one attached hydrogen (secondary N) is 1. The van der Waals surface area contributed by atoms with Gasteiger partial charge in [0.25, 0.3) is 5.56 Å². The summed E-state index contributed by atoms with van der Waals surface area (Å²) in [6.45, 7) is 0. The topological polar surface area (TPSA) is 68.9 Å². The monoisotopic (exact) mass is 464 g/mol. The predicted molar refractivity (Wildman–Crippen MR) is 110 cm³/mol. The number of hydrogen-bond acceptors (Lipinski definition) is 5. The van der Waals surface area contributed by atoms with Crippen LogP contribution >= 0.6 is 39.3 Å². The number of pyridine rings is 1. The Labute approximate surface area is 172 Å². The van der Waals surface area contributed by atoms with Crippen molar-refractivity contribution < 1.29 is 0 Å². The van der Waals surface area contributed by atoms with Crippen molar-refractivity contribution in [1.29, 1.82) is 0 Å². The van der Waals surface area contributed by atoms with E-state index < -0.39 is 6.04 Å². The number of nitrogens with zero attached hydrogens (tertiary/aromatic N) is 3. The van der Waals surface area contributed by atoms with Crippen molar-refractivity contribution in [2.24, 2.45) is 14.1 Å². The highest BCUT2D eigenvalue weighted by Crippen LogP contribution is 2.42. The molecule has 138 valence electrons. The highest BCUT2D eigenvalue weighted by atomic mass is 79.9. The van der Waals surface area contributed by atoms with Crippen molar-refractivity contribution in [2.75, 3.05) is 5.32 Å². The van der Waals surface area contributed by atoms with Gasteiger partial charge in [-0.3, -0.25) is 13.9 Å². The van der Waals surface area contributed by atoms with E-state index in [2.05, 4.69) is 26.2 Å². The lowest BCUT2D eigenvalue weighted by molar-refractivity contribution is 0.608. The maximum absolute atomic E-state index is 13.0. The lowest BCUT2D eigenvalue weighted by atomic mass is 10.0. The van der Waals surface area contributed by atoms with E-state index in [1.54, 1.807) is 13.1 Å². The summed E-state index contributed by atoms with van der Waals surface area (Å²) in [5, 5.41) is 4.93. The molecular weight excluding hydrogens is 452 g/mol. The number of anilines is 1. The standard InChI is InChI=1S/C18H14BrClN4O2S/c1-23-16(25)13-14(9-3-5-10(19)6-4-9)21-11-7-8-12(20)22-15(11)27-17(13)24(2)18(23)26/h3-8,14,21H,1-2H3/t14-/m1/s1. The number of hydrogen-bond donors (Lipinski definition) is 1. The molecule has 0 fully saturated rings. The molecule has 0 aliphatic carbocycles. The minimum Gasteiger partial charge on any atom is -0.372 e. The first-order chi connectivity index (χ1) is 12.9. The van der Waals surface area contributed by atoms with Crippen LogP contribution in [0.25, 0.3) is 0 Å². The largest absolute Gasteiger partial charge is 0.372 e. The van der Waals surface area contributed by atoms with Crippen molar-refractivity contribution in [3.63, 3.8) is 0 Å². The van der Waals surface area contributed by atoms with Gasteiger partial charge in [0.05, 0.1) is 22.3 Å². The molecule has 1 aromatic carbocycles. The van der Waals surface area contributed by atoms with Crippen molar-refractivity contribution in [2.45, 2.75) is 16.1 Å². The predicted octanol–water partition coefficient (Wildman–Crippen LogP) is 3.56. The molecule has 6 nitrogen and oxygen atoms in total. The van der Waals surface area contributed by atoms with Crippen molar-refractivity contribution in [3.05, 3.63) is 78.0 Å². The summed E-state index contributed by atoms with van der Waals surface area (Å²) in [6.07, 6.45) is 0. The van der Waals surface area contributed by atoms with Crippen LogP contribution in [0.2, 0.25) is 5.15 Å². The molecule has 9 heteroatoms. The van der Waals surface area contributed by atoms with Crippen LogP contribution in [0.4, 0.5) is 5.69 Å². The summed E-state index contributed by atoms with van der Waals surface area (Å²) in [5.41, 5.74) is 1.44. The first kappa shape index (κ1) is 18.3. The number of rotatable bonds is 1. The SMILES string of the molecule is Cn1c2c(c(=O)n(C)c1=O)[C@@H](c1ccc(Br)cc1)Nc1ccc(Cl)nc1S2. The molecule has 1 N–H and O–H groups in total. The van der Waals surface area contributed by atoms with Crippen LogP contribution < -0.4 is 16.6 Å². The summed E-state index contributed by atoms with van der Waals surface area (Å²) in [5.74, 6) is 0. The summed E-state index contributed by atoms with van der Waals surface area (Å²) in [6, 6.07) is 10.8. The second-order valence-corrected chi connectivity index (χ2v) is 8.42. The normalized spacial score (nSPS) is 15.5. The molecule has 3 heterocycles. The van der Waals surface area contributed by atoms with E-state index in [1.807, 2.05) is 30.3 Å². The lowest BCUT2D eigenvalue weighted by Crippen LogP contribution is -2.41. The van der Waals surface area contributed by atoms with Crippen molar-refractivity contribution >= 4 is 45.0 Å². The maximum atomic E-state index is 13.0. The summed E-state index contributed by atoms with van der Waals surface area (Å²) in [7, 11) is 3.14. The van der Waals surface area contributed by atoms with Crippen LogP contribution in [0.5, 0.6) is 0 Å². The van der Waals surface area contributed by atoms with E-state index in [1.165, 1.54) is 23.4 Å². The Kier molecular flexibility index (Phi) is 4.65. The van der Waals surface area contributed by atoms with E-state index in [9.17, 15) is 9.59 Å². The molecule has 1 atom stereocenters. The van der Waals surface area contributed by atoms with Crippen LogP contribution in [0.1, 0.15) is 17.2 Å². The smallest absolute Gasteiger partial charge is 0.331 e. The third-order valence-corrected chi connectivity index (χ3v) is 6.39. The first-order valence-electron chi connectivity index (χ1n) is 8.03. The van der Waals surface area contributed by atoms with Gasteiger partial charge in [-0.1, -0.05) is 39.7 Å². The van der Waals surface area contributed by atoms with Gasteiger partial charge in [0, 0.05) is 18.6 Å². The fraction of sp³-hybridized carbons (Fsp3) is 0.167. The minimum absolute atomic E-state index is 0.333. The van der Waals surface area contributed by atoms with Gasteiger partial charge in [0.1, 0.15) is 10.2 Å². The molecule has 2 aromatic heterocycles. The van der Waals surface area contributed by atoms with E-state index in [4.69, 9.17) is 11.6 Å². The molecule has 1 aliphatic heterocycles. The average Bonchev–Trinajstić information content (AvgIpc) is 2.82. The number of halogens is 2. The summed E-state index contributed by atoms with van der Waals surface area (Å²) in [4.78, 5) is 29.9. The Morgan fingerprint density at radius 2 is 1.81 bits per heavy atom. The first-order valence-corrected chi connectivity index (χ1v) is 10.0. The fourth-order valence-corrected chi connectivity index (χ4v) is 4.61. The number of fused-ring (bicyclic) bond motifs is 2. The molecule has 0 saturated heterocycles. The molecule has 0 radical (unpaired) electrons. The van der Waals surface area contributed by atoms with E-state index in [-0.39, 0.29) is 11.2 Å². The average molecular weight is 466 g/mol. The van der Waals surface area contributed by atoms with Gasteiger partial charge in [-0.2, -0.15) is 0 Å². The molecule has 1 aliphatic rings. The quantitative estimate of drug-likeness (QED) is 0.440. The third kappa shape index (κ3) is 3.11. The van der Waals surface area contributed by atoms with E-state index in [0.29, 0.717) is 20.8 Å². The molecule has 0 amide bonds. The van der Waals surface area contributed by atoms with E-state index >= 15 is 0 Å². The molecular formula is C18H14BrClN4O2S. The van der Waals surface area contributed by atoms with Gasteiger partial charge in [0.15, 0.2) is 0 Å². The zero-order valence-electron chi connectivity index (χ0n) is 14.4. The highest BCUT2D eigenvalue weighted by molar-refractivity contribution is 9.10. The molecule has 4 rings (SSSR count). The molecule has 27 heavy (non-hydrogen) atoms. The van der Waals surface area contributed by atoms with E-state index in [0.717, 1.165) is 20.3 Å². The van der Waals surface area contributed by atoms with Gasteiger partial charge >= 0.3 is 5.69 Å². The second-order valence-electron chi connectivity index (χ2n) is 6.14. The molecule has 0 bridgehead atoms. The van der Waals surface area contributed by atoms with Crippen LogP contribution in [0.3, 0.4) is 0 Å². The molecule has 3 aromatic rings. The number of aromatic nitrogens is 3. The molecule has 0 unspecified atom stereocenters. The summed E-state index contributed by atoms with van der Waals surface area (Å²) < 4.78 is 3.55. The van der Waals surface area contributed by atoms with Gasteiger partial charge < -0.3 is 5.32 Å². The van der Waals surface area contributed by atoms with Gasteiger partial charge in [-0.05, 0) is 41.6 Å². The second kappa shape index (κ2) is 6.85. The van der Waals surface area contributed by atoms with Gasteiger partial charge in [-0.15, -0.1) is 0 Å². The Bertz CT molecular complexity index is 1170. The molecule has 0 saturated carbocycles. The van der Waals surface area contributed by atoms with Crippen LogP contribution in [-0.4, -0.2) is 14.1 Å². The third-order valence-electron chi connectivity index (χ3n) is 4.46. The molecule has 0 spiro atoms. The zero-order valence-corrected chi connectivity index (χ0v) is 17.5. The summed E-state index contributed by atoms with van der Waals surface area (Å²) >= 11 is 10.8. The Morgan fingerprint density at radius 3 is 2.52 bits per heavy atom.